The monoisotopic (exact) mass is 284 g/mol. The maximum Gasteiger partial charge on any atom is 0.238 e. The third-order valence-corrected chi connectivity index (χ3v) is 2.88. The average Bonchev–Trinajstić information content (AvgIpc) is 2.29. The van der Waals surface area contributed by atoms with Crippen molar-refractivity contribution < 1.29 is 4.79 Å². The molecule has 0 unspecified atom stereocenters. The molecule has 0 saturated heterocycles. The Morgan fingerprint density at radius 2 is 2.00 bits per heavy atom. The molecule has 1 aromatic carbocycles. The second-order valence-corrected chi connectivity index (χ2v) is 4.66. The standard InChI is InChI=1S/C12H17BrN2O/c1-3-9(2)14-8-12(16)15-11-6-4-10(13)5-7-11/h4-7,9,14H,3,8H2,1-2H3,(H,15,16)/t9-/m1/s1. The van der Waals surface area contributed by atoms with E-state index in [1.165, 1.54) is 0 Å². The summed E-state index contributed by atoms with van der Waals surface area (Å²) >= 11 is 3.35. The van der Waals surface area contributed by atoms with Crippen LogP contribution in [0.5, 0.6) is 0 Å². The van der Waals surface area contributed by atoms with Gasteiger partial charge in [0.05, 0.1) is 6.54 Å². The Bertz CT molecular complexity index is 337. The maximum absolute atomic E-state index is 11.5. The van der Waals surface area contributed by atoms with Crippen LogP contribution in [0.4, 0.5) is 5.69 Å². The van der Waals surface area contributed by atoms with Gasteiger partial charge in [-0.3, -0.25) is 4.79 Å². The van der Waals surface area contributed by atoms with E-state index in [1.807, 2.05) is 24.3 Å². The molecule has 2 N–H and O–H groups in total. The summed E-state index contributed by atoms with van der Waals surface area (Å²) in [6.07, 6.45) is 1.02. The molecule has 0 aliphatic rings. The lowest BCUT2D eigenvalue weighted by Gasteiger charge is -2.11. The summed E-state index contributed by atoms with van der Waals surface area (Å²) in [7, 11) is 0. The lowest BCUT2D eigenvalue weighted by atomic mass is 10.2. The topological polar surface area (TPSA) is 41.1 Å². The summed E-state index contributed by atoms with van der Waals surface area (Å²) < 4.78 is 1.00. The molecule has 0 bridgehead atoms. The van der Waals surface area contributed by atoms with Gasteiger partial charge in [0, 0.05) is 16.2 Å². The zero-order valence-electron chi connectivity index (χ0n) is 9.59. The molecule has 1 rings (SSSR count). The number of benzene rings is 1. The first-order chi connectivity index (χ1) is 7.61. The van der Waals surface area contributed by atoms with Crippen molar-refractivity contribution in [1.29, 1.82) is 0 Å². The van der Waals surface area contributed by atoms with Gasteiger partial charge < -0.3 is 10.6 Å². The molecule has 0 heterocycles. The second kappa shape index (κ2) is 6.66. The van der Waals surface area contributed by atoms with Crippen molar-refractivity contribution in [3.05, 3.63) is 28.7 Å². The highest BCUT2D eigenvalue weighted by molar-refractivity contribution is 9.10. The SMILES string of the molecule is CC[C@@H](C)NCC(=O)Nc1ccc(Br)cc1. The fourth-order valence-electron chi connectivity index (χ4n) is 1.15. The molecular weight excluding hydrogens is 268 g/mol. The Labute approximate surface area is 105 Å². The van der Waals surface area contributed by atoms with Gasteiger partial charge in [-0.25, -0.2) is 0 Å². The van der Waals surface area contributed by atoms with Crippen LogP contribution in [0.25, 0.3) is 0 Å². The van der Waals surface area contributed by atoms with Gasteiger partial charge in [0.15, 0.2) is 0 Å². The Kier molecular flexibility index (Phi) is 5.49. The second-order valence-electron chi connectivity index (χ2n) is 3.75. The molecule has 16 heavy (non-hydrogen) atoms. The van der Waals surface area contributed by atoms with E-state index < -0.39 is 0 Å². The number of carbonyl (C=O) groups excluding carboxylic acids is 1. The number of nitrogens with one attached hydrogen (secondary N) is 2. The molecule has 0 aromatic heterocycles. The van der Waals surface area contributed by atoms with Crippen LogP contribution < -0.4 is 10.6 Å². The van der Waals surface area contributed by atoms with E-state index in [-0.39, 0.29) is 5.91 Å². The van der Waals surface area contributed by atoms with Crippen LogP contribution in [0, 0.1) is 0 Å². The van der Waals surface area contributed by atoms with Crippen LogP contribution in [0.2, 0.25) is 0 Å². The first-order valence-corrected chi connectivity index (χ1v) is 6.20. The maximum atomic E-state index is 11.5. The van der Waals surface area contributed by atoms with E-state index in [4.69, 9.17) is 0 Å². The Hall–Kier alpha value is -0.870. The van der Waals surface area contributed by atoms with Gasteiger partial charge in [-0.05, 0) is 37.6 Å². The number of carbonyl (C=O) groups is 1. The van der Waals surface area contributed by atoms with Crippen LogP contribution in [-0.4, -0.2) is 18.5 Å². The van der Waals surface area contributed by atoms with Gasteiger partial charge in [0.1, 0.15) is 0 Å². The van der Waals surface area contributed by atoms with E-state index in [0.29, 0.717) is 12.6 Å². The van der Waals surface area contributed by atoms with Gasteiger partial charge in [-0.1, -0.05) is 22.9 Å². The number of halogens is 1. The number of anilines is 1. The smallest absolute Gasteiger partial charge is 0.238 e. The number of amides is 1. The summed E-state index contributed by atoms with van der Waals surface area (Å²) in [5.74, 6) is -0.0115. The minimum atomic E-state index is -0.0115. The lowest BCUT2D eigenvalue weighted by Crippen LogP contribution is -2.33. The average molecular weight is 285 g/mol. The number of rotatable bonds is 5. The minimum absolute atomic E-state index is 0.0115. The van der Waals surface area contributed by atoms with Crippen molar-refractivity contribution in [3.63, 3.8) is 0 Å². The fourth-order valence-corrected chi connectivity index (χ4v) is 1.41. The van der Waals surface area contributed by atoms with Gasteiger partial charge in [-0.15, -0.1) is 0 Å². The molecule has 88 valence electrons. The van der Waals surface area contributed by atoms with Crippen LogP contribution >= 0.6 is 15.9 Å². The van der Waals surface area contributed by atoms with Gasteiger partial charge in [0.2, 0.25) is 5.91 Å². The zero-order chi connectivity index (χ0) is 12.0. The van der Waals surface area contributed by atoms with Crippen molar-refractivity contribution in [2.45, 2.75) is 26.3 Å². The van der Waals surface area contributed by atoms with Gasteiger partial charge in [0.25, 0.3) is 0 Å². The summed E-state index contributed by atoms with van der Waals surface area (Å²) in [6, 6.07) is 7.90. The largest absolute Gasteiger partial charge is 0.325 e. The molecule has 1 atom stereocenters. The van der Waals surface area contributed by atoms with Crippen LogP contribution in [0.15, 0.2) is 28.7 Å². The van der Waals surface area contributed by atoms with E-state index in [1.54, 1.807) is 0 Å². The molecular formula is C12H17BrN2O. The lowest BCUT2D eigenvalue weighted by molar-refractivity contribution is -0.115. The molecule has 3 nitrogen and oxygen atoms in total. The molecule has 0 aliphatic heterocycles. The predicted octanol–water partition coefficient (Wildman–Crippen LogP) is 2.78. The quantitative estimate of drug-likeness (QED) is 0.873. The van der Waals surface area contributed by atoms with Gasteiger partial charge in [-0.2, -0.15) is 0 Å². The van der Waals surface area contributed by atoms with E-state index >= 15 is 0 Å². The van der Waals surface area contributed by atoms with Crippen LogP contribution in [0.3, 0.4) is 0 Å². The van der Waals surface area contributed by atoms with E-state index in [2.05, 4.69) is 40.4 Å². The Morgan fingerprint density at radius 3 is 2.56 bits per heavy atom. The molecule has 1 aromatic rings. The number of hydrogen-bond donors (Lipinski definition) is 2. The predicted molar refractivity (Wildman–Crippen MR) is 70.5 cm³/mol. The van der Waals surface area contributed by atoms with Gasteiger partial charge >= 0.3 is 0 Å². The van der Waals surface area contributed by atoms with E-state index in [0.717, 1.165) is 16.6 Å². The number of hydrogen-bond acceptors (Lipinski definition) is 2. The minimum Gasteiger partial charge on any atom is -0.325 e. The summed E-state index contributed by atoms with van der Waals surface area (Å²) in [5, 5.41) is 5.97. The van der Waals surface area contributed by atoms with Crippen molar-refractivity contribution in [2.24, 2.45) is 0 Å². The molecule has 1 amide bonds. The van der Waals surface area contributed by atoms with Crippen molar-refractivity contribution >= 4 is 27.5 Å². The molecule has 0 saturated carbocycles. The summed E-state index contributed by atoms with van der Waals surface area (Å²) in [4.78, 5) is 11.5. The molecule has 0 spiro atoms. The van der Waals surface area contributed by atoms with Crippen molar-refractivity contribution in [2.75, 3.05) is 11.9 Å². The van der Waals surface area contributed by atoms with Crippen molar-refractivity contribution in [1.82, 2.24) is 5.32 Å². The van der Waals surface area contributed by atoms with Crippen molar-refractivity contribution in [3.8, 4) is 0 Å². The zero-order valence-corrected chi connectivity index (χ0v) is 11.2. The fraction of sp³-hybridized carbons (Fsp3) is 0.417. The Morgan fingerprint density at radius 1 is 1.38 bits per heavy atom. The molecule has 0 fully saturated rings. The molecule has 0 aliphatic carbocycles. The highest BCUT2D eigenvalue weighted by Crippen LogP contribution is 2.13. The first kappa shape index (κ1) is 13.2. The Balaban J connectivity index is 2.37. The normalized spacial score (nSPS) is 12.2. The first-order valence-electron chi connectivity index (χ1n) is 5.40. The third-order valence-electron chi connectivity index (χ3n) is 2.35. The van der Waals surface area contributed by atoms with Crippen LogP contribution in [-0.2, 0) is 4.79 Å². The molecule has 0 radical (unpaired) electrons. The highest BCUT2D eigenvalue weighted by atomic mass is 79.9. The van der Waals surface area contributed by atoms with Crippen LogP contribution in [0.1, 0.15) is 20.3 Å². The van der Waals surface area contributed by atoms with E-state index in [9.17, 15) is 4.79 Å². The summed E-state index contributed by atoms with van der Waals surface area (Å²) in [6.45, 7) is 4.50. The summed E-state index contributed by atoms with van der Waals surface area (Å²) in [5.41, 5.74) is 0.819. The highest BCUT2D eigenvalue weighted by Gasteiger charge is 2.04. The molecule has 4 heteroatoms. The third kappa shape index (κ3) is 4.77.